The summed E-state index contributed by atoms with van der Waals surface area (Å²) in [5.74, 6) is 0.114. The lowest BCUT2D eigenvalue weighted by molar-refractivity contribution is 0.0682. The third-order valence-corrected chi connectivity index (χ3v) is 7.23. The van der Waals surface area contributed by atoms with Crippen LogP contribution in [0.25, 0.3) is 10.1 Å². The van der Waals surface area contributed by atoms with E-state index in [1.165, 1.54) is 17.2 Å². The van der Waals surface area contributed by atoms with E-state index in [4.69, 9.17) is 4.74 Å². The number of carbonyl (C=O) groups excluding carboxylic acids is 1. The first-order chi connectivity index (χ1) is 13.2. The molecule has 2 aromatic rings. The molecule has 0 saturated carbocycles. The summed E-state index contributed by atoms with van der Waals surface area (Å²) in [7, 11) is 1.78. The molecule has 4 saturated heterocycles. The van der Waals surface area contributed by atoms with E-state index in [1.807, 2.05) is 0 Å². The Morgan fingerprint density at radius 2 is 2.00 bits per heavy atom. The van der Waals surface area contributed by atoms with Gasteiger partial charge in [-0.3, -0.25) is 4.79 Å². The fraction of sp³-hybridized carbons (Fsp3) is 0.600. The molecule has 0 aliphatic carbocycles. The summed E-state index contributed by atoms with van der Waals surface area (Å²) in [6.45, 7) is 6.00. The fourth-order valence-electron chi connectivity index (χ4n) is 4.72. The molecule has 6 nitrogen and oxygen atoms in total. The van der Waals surface area contributed by atoms with Crippen LogP contribution in [-0.4, -0.2) is 78.6 Å². The minimum atomic E-state index is 0.114. The first-order valence-corrected chi connectivity index (χ1v) is 10.7. The number of carbonyl (C=O) groups is 1. The van der Waals surface area contributed by atoms with Crippen LogP contribution in [0.15, 0.2) is 18.2 Å². The molecule has 4 aliphatic heterocycles. The number of aromatic nitrogens is 1. The second-order valence-corrected chi connectivity index (χ2v) is 8.68. The highest BCUT2D eigenvalue weighted by Gasteiger charge is 2.34. The summed E-state index contributed by atoms with van der Waals surface area (Å²) in [5.41, 5.74) is 1.84. The van der Waals surface area contributed by atoms with E-state index in [9.17, 15) is 4.79 Å². The first-order valence-electron chi connectivity index (χ1n) is 9.93. The lowest BCUT2D eigenvalue weighted by Crippen LogP contribution is -2.41. The van der Waals surface area contributed by atoms with E-state index >= 15 is 0 Å². The van der Waals surface area contributed by atoms with Crippen molar-refractivity contribution in [1.29, 1.82) is 0 Å². The summed E-state index contributed by atoms with van der Waals surface area (Å²) in [4.78, 5) is 20.2. The monoisotopic (exact) mass is 386 g/mol. The molecule has 1 aromatic carbocycles. The molecular weight excluding hydrogens is 360 g/mol. The molecular formula is C20H26N4O2S. The second-order valence-electron chi connectivity index (χ2n) is 7.88. The van der Waals surface area contributed by atoms with E-state index in [2.05, 4.69) is 37.3 Å². The standard InChI is InChI=1S/C20H26N4O2S/c1-26-16-6-9-23(13-16)15-2-3-17-18(12-15)27-21-19(17)20(25)24-11-10-22-7-4-14(24)5-8-22/h2-3,12,14,16H,4-11,13H2,1H3/t16-/m1/s1. The minimum Gasteiger partial charge on any atom is -0.380 e. The van der Waals surface area contributed by atoms with Crippen molar-refractivity contribution in [3.8, 4) is 0 Å². The number of fused-ring (bicyclic) bond motifs is 5. The summed E-state index contributed by atoms with van der Waals surface area (Å²) >= 11 is 1.44. The maximum atomic E-state index is 13.3. The van der Waals surface area contributed by atoms with Gasteiger partial charge in [-0.1, -0.05) is 0 Å². The van der Waals surface area contributed by atoms with Crippen LogP contribution in [0.2, 0.25) is 0 Å². The molecule has 1 atom stereocenters. The number of piperidine rings is 1. The molecule has 27 heavy (non-hydrogen) atoms. The molecule has 1 amide bonds. The van der Waals surface area contributed by atoms with Gasteiger partial charge in [0.15, 0.2) is 0 Å². The maximum absolute atomic E-state index is 13.3. The predicted molar refractivity (Wildman–Crippen MR) is 108 cm³/mol. The van der Waals surface area contributed by atoms with Crippen LogP contribution in [0, 0.1) is 0 Å². The van der Waals surface area contributed by atoms with Crippen molar-refractivity contribution in [2.24, 2.45) is 0 Å². The summed E-state index contributed by atoms with van der Waals surface area (Å²) in [6.07, 6.45) is 3.56. The lowest BCUT2D eigenvalue weighted by Gasteiger charge is -2.31. The third-order valence-electron chi connectivity index (χ3n) is 6.42. The lowest BCUT2D eigenvalue weighted by atomic mass is 10.0. The Balaban J connectivity index is 1.40. The van der Waals surface area contributed by atoms with Crippen LogP contribution < -0.4 is 4.90 Å². The zero-order valence-electron chi connectivity index (χ0n) is 15.8. The molecule has 7 heteroatoms. The number of hydrogen-bond acceptors (Lipinski definition) is 6. The van der Waals surface area contributed by atoms with Crippen LogP contribution in [-0.2, 0) is 4.74 Å². The molecule has 0 radical (unpaired) electrons. The Hall–Kier alpha value is -1.70. The SMILES string of the molecule is CO[C@@H]1CCN(c2ccc3c(C(=O)N4CCN5CCC4CC5)nsc3c2)C1. The zero-order valence-corrected chi connectivity index (χ0v) is 16.6. The van der Waals surface area contributed by atoms with Crippen molar-refractivity contribution in [2.75, 3.05) is 51.3 Å². The van der Waals surface area contributed by atoms with Gasteiger partial charge < -0.3 is 19.4 Å². The van der Waals surface area contributed by atoms with Gasteiger partial charge in [0, 0.05) is 63.5 Å². The quantitative estimate of drug-likeness (QED) is 0.811. The number of nitrogens with zero attached hydrogens (tertiary/aromatic N) is 4. The number of anilines is 1. The van der Waals surface area contributed by atoms with Crippen molar-refractivity contribution < 1.29 is 9.53 Å². The predicted octanol–water partition coefficient (Wildman–Crippen LogP) is 2.44. The van der Waals surface area contributed by atoms with E-state index in [0.29, 0.717) is 17.8 Å². The van der Waals surface area contributed by atoms with Crippen molar-refractivity contribution >= 4 is 33.2 Å². The van der Waals surface area contributed by atoms with Crippen LogP contribution in [0.4, 0.5) is 5.69 Å². The molecule has 0 spiro atoms. The molecule has 6 rings (SSSR count). The van der Waals surface area contributed by atoms with Crippen LogP contribution in [0.1, 0.15) is 29.8 Å². The van der Waals surface area contributed by atoms with Gasteiger partial charge in [-0.05, 0) is 49.0 Å². The average molecular weight is 387 g/mol. The van der Waals surface area contributed by atoms with Gasteiger partial charge >= 0.3 is 0 Å². The smallest absolute Gasteiger partial charge is 0.274 e. The highest BCUT2D eigenvalue weighted by atomic mass is 32.1. The van der Waals surface area contributed by atoms with Gasteiger partial charge in [0.1, 0.15) is 5.69 Å². The van der Waals surface area contributed by atoms with Crippen molar-refractivity contribution in [3.63, 3.8) is 0 Å². The average Bonchev–Trinajstić information content (AvgIpc) is 3.25. The van der Waals surface area contributed by atoms with Gasteiger partial charge in [-0.25, -0.2) is 0 Å². The fourth-order valence-corrected chi connectivity index (χ4v) is 5.52. The number of rotatable bonds is 3. The highest BCUT2D eigenvalue weighted by Crippen LogP contribution is 2.31. The zero-order chi connectivity index (χ0) is 18.4. The van der Waals surface area contributed by atoms with Crippen molar-refractivity contribution in [1.82, 2.24) is 14.2 Å². The van der Waals surface area contributed by atoms with Crippen LogP contribution in [0.5, 0.6) is 0 Å². The van der Waals surface area contributed by atoms with Gasteiger partial charge in [-0.15, -0.1) is 0 Å². The molecule has 0 N–H and O–H groups in total. The molecule has 2 bridgehead atoms. The number of hydrogen-bond donors (Lipinski definition) is 0. The minimum absolute atomic E-state index is 0.114. The van der Waals surface area contributed by atoms with Gasteiger partial charge in [0.05, 0.1) is 10.8 Å². The number of amides is 1. The highest BCUT2D eigenvalue weighted by molar-refractivity contribution is 7.13. The van der Waals surface area contributed by atoms with E-state index in [1.54, 1.807) is 7.11 Å². The second kappa shape index (κ2) is 7.04. The number of ether oxygens (including phenoxy) is 1. The van der Waals surface area contributed by atoms with E-state index in [0.717, 1.165) is 68.6 Å². The van der Waals surface area contributed by atoms with Crippen molar-refractivity contribution in [2.45, 2.75) is 31.4 Å². The molecule has 0 unspecified atom stereocenters. The third kappa shape index (κ3) is 3.11. The summed E-state index contributed by atoms with van der Waals surface area (Å²) in [5, 5.41) is 0.996. The Kier molecular flexibility index (Phi) is 4.53. The Labute approximate surface area is 163 Å². The molecule has 144 valence electrons. The van der Waals surface area contributed by atoms with E-state index in [-0.39, 0.29) is 5.91 Å². The maximum Gasteiger partial charge on any atom is 0.274 e. The van der Waals surface area contributed by atoms with Gasteiger partial charge in [0.25, 0.3) is 5.91 Å². The molecule has 4 aliphatic rings. The van der Waals surface area contributed by atoms with Crippen molar-refractivity contribution in [3.05, 3.63) is 23.9 Å². The molecule has 5 heterocycles. The molecule has 4 fully saturated rings. The summed E-state index contributed by atoms with van der Waals surface area (Å²) in [6, 6.07) is 6.77. The van der Waals surface area contributed by atoms with Crippen LogP contribution >= 0.6 is 11.5 Å². The van der Waals surface area contributed by atoms with Gasteiger partial charge in [0.2, 0.25) is 0 Å². The first kappa shape index (κ1) is 17.4. The van der Waals surface area contributed by atoms with Gasteiger partial charge in [-0.2, -0.15) is 4.37 Å². The van der Waals surface area contributed by atoms with E-state index < -0.39 is 0 Å². The molecule has 1 aromatic heterocycles. The topological polar surface area (TPSA) is 48.9 Å². The summed E-state index contributed by atoms with van der Waals surface area (Å²) < 4.78 is 11.2. The Morgan fingerprint density at radius 1 is 1.15 bits per heavy atom. The number of benzene rings is 1. The number of methoxy groups -OCH3 is 1. The largest absolute Gasteiger partial charge is 0.380 e. The normalized spacial score (nSPS) is 28.1. The Morgan fingerprint density at radius 3 is 2.78 bits per heavy atom. The Bertz CT molecular complexity index is 846. The van der Waals surface area contributed by atoms with Crippen LogP contribution in [0.3, 0.4) is 0 Å².